The highest BCUT2D eigenvalue weighted by molar-refractivity contribution is 6.30. The van der Waals surface area contributed by atoms with E-state index in [1.165, 1.54) is 12.4 Å². The minimum atomic E-state index is -1.10. The van der Waals surface area contributed by atoms with Crippen molar-refractivity contribution in [3.63, 3.8) is 0 Å². The summed E-state index contributed by atoms with van der Waals surface area (Å²) in [4.78, 5) is 21.0. The molecule has 1 aromatic carbocycles. The molecular formula is C16H17ClN4O3. The number of anilines is 2. The summed E-state index contributed by atoms with van der Waals surface area (Å²) < 4.78 is 5.40. The number of nitrogens with zero attached hydrogens (tertiary/aromatic N) is 3. The van der Waals surface area contributed by atoms with Crippen molar-refractivity contribution in [3.8, 4) is 0 Å². The van der Waals surface area contributed by atoms with Crippen molar-refractivity contribution in [2.75, 3.05) is 36.5 Å². The summed E-state index contributed by atoms with van der Waals surface area (Å²) in [5.41, 5.74) is 2.05. The number of aromatic nitrogens is 2. The Morgan fingerprint density at radius 1 is 1.29 bits per heavy atom. The third-order valence-corrected chi connectivity index (χ3v) is 3.96. The average molecular weight is 349 g/mol. The predicted molar refractivity (Wildman–Crippen MR) is 90.8 cm³/mol. The Bertz CT molecular complexity index is 718. The van der Waals surface area contributed by atoms with Crippen LogP contribution in [0.3, 0.4) is 0 Å². The molecule has 1 saturated heterocycles. The highest BCUT2D eigenvalue weighted by Gasteiger charge is 2.15. The summed E-state index contributed by atoms with van der Waals surface area (Å²) in [5.74, 6) is -0.591. The molecule has 126 valence electrons. The Morgan fingerprint density at radius 3 is 2.75 bits per heavy atom. The summed E-state index contributed by atoms with van der Waals surface area (Å²) in [6.45, 7) is 3.59. The van der Waals surface area contributed by atoms with E-state index >= 15 is 0 Å². The Morgan fingerprint density at radius 2 is 2.08 bits per heavy atom. The van der Waals surface area contributed by atoms with E-state index in [1.807, 2.05) is 18.2 Å². The molecule has 0 aliphatic carbocycles. The molecular weight excluding hydrogens is 332 g/mol. The van der Waals surface area contributed by atoms with Gasteiger partial charge in [0.05, 0.1) is 25.6 Å². The fourth-order valence-corrected chi connectivity index (χ4v) is 2.72. The molecule has 1 aromatic heterocycles. The van der Waals surface area contributed by atoms with Crippen LogP contribution in [0.15, 0.2) is 30.6 Å². The zero-order valence-electron chi connectivity index (χ0n) is 12.9. The van der Waals surface area contributed by atoms with Gasteiger partial charge in [-0.15, -0.1) is 0 Å². The van der Waals surface area contributed by atoms with Crippen LogP contribution in [0.1, 0.15) is 16.1 Å². The molecule has 0 atom stereocenters. The van der Waals surface area contributed by atoms with E-state index in [9.17, 15) is 4.79 Å². The van der Waals surface area contributed by atoms with Crippen LogP contribution >= 0.6 is 11.6 Å². The lowest BCUT2D eigenvalue weighted by atomic mass is 10.1. The maximum atomic E-state index is 10.8. The molecule has 1 aliphatic heterocycles. The van der Waals surface area contributed by atoms with Gasteiger partial charge < -0.3 is 20.1 Å². The number of hydrogen-bond donors (Lipinski definition) is 2. The summed E-state index contributed by atoms with van der Waals surface area (Å²) in [5, 5.41) is 12.7. The van der Waals surface area contributed by atoms with Gasteiger partial charge >= 0.3 is 5.97 Å². The lowest BCUT2D eigenvalue weighted by Gasteiger charge is -2.30. The van der Waals surface area contributed by atoms with Gasteiger partial charge in [0, 0.05) is 30.3 Å². The lowest BCUT2D eigenvalue weighted by Crippen LogP contribution is -2.36. The quantitative estimate of drug-likeness (QED) is 0.857. The number of carbonyl (C=O) groups is 1. The van der Waals surface area contributed by atoms with Crippen LogP contribution < -0.4 is 10.2 Å². The van der Waals surface area contributed by atoms with Gasteiger partial charge in [-0.2, -0.15) is 0 Å². The summed E-state index contributed by atoms with van der Waals surface area (Å²) in [6.07, 6.45) is 2.63. The van der Waals surface area contributed by atoms with Gasteiger partial charge in [-0.25, -0.2) is 14.8 Å². The third-order valence-electron chi connectivity index (χ3n) is 3.72. The number of morpholine rings is 1. The van der Waals surface area contributed by atoms with E-state index in [-0.39, 0.29) is 5.69 Å². The van der Waals surface area contributed by atoms with Crippen molar-refractivity contribution >= 4 is 29.1 Å². The van der Waals surface area contributed by atoms with Crippen LogP contribution in [-0.2, 0) is 11.3 Å². The number of halogens is 1. The van der Waals surface area contributed by atoms with Gasteiger partial charge in [0.2, 0.25) is 0 Å². The maximum Gasteiger partial charge on any atom is 0.356 e. The number of carboxylic acid groups (broad SMARTS) is 1. The van der Waals surface area contributed by atoms with E-state index in [1.54, 1.807) is 0 Å². The van der Waals surface area contributed by atoms with Crippen molar-refractivity contribution < 1.29 is 14.6 Å². The van der Waals surface area contributed by atoms with Crippen molar-refractivity contribution in [1.29, 1.82) is 0 Å². The molecule has 7 nitrogen and oxygen atoms in total. The van der Waals surface area contributed by atoms with Gasteiger partial charge in [-0.05, 0) is 23.8 Å². The SMILES string of the molecule is O=C(O)c1cnc(NCc2cc(Cl)ccc2N2CCOCC2)cn1. The number of ether oxygens (including phenoxy) is 1. The van der Waals surface area contributed by atoms with Crippen LogP contribution in [0.25, 0.3) is 0 Å². The topological polar surface area (TPSA) is 87.6 Å². The molecule has 0 saturated carbocycles. The molecule has 2 aromatic rings. The summed E-state index contributed by atoms with van der Waals surface area (Å²) in [6, 6.07) is 5.79. The van der Waals surface area contributed by atoms with Gasteiger partial charge in [0.15, 0.2) is 5.69 Å². The molecule has 2 heterocycles. The van der Waals surface area contributed by atoms with Crippen molar-refractivity contribution in [3.05, 3.63) is 46.9 Å². The second kappa shape index (κ2) is 7.46. The molecule has 0 radical (unpaired) electrons. The Balaban J connectivity index is 1.74. The number of benzene rings is 1. The first-order valence-corrected chi connectivity index (χ1v) is 7.91. The fraction of sp³-hybridized carbons (Fsp3) is 0.312. The van der Waals surface area contributed by atoms with Crippen LogP contribution in [0, 0.1) is 0 Å². The normalized spacial score (nSPS) is 14.5. The lowest BCUT2D eigenvalue weighted by molar-refractivity contribution is 0.0690. The smallest absolute Gasteiger partial charge is 0.356 e. The van der Waals surface area contributed by atoms with Crippen molar-refractivity contribution in [2.45, 2.75) is 6.54 Å². The number of nitrogens with one attached hydrogen (secondary N) is 1. The second-order valence-corrected chi connectivity index (χ2v) is 5.75. The van der Waals surface area contributed by atoms with Crippen LogP contribution in [0.4, 0.5) is 11.5 Å². The zero-order chi connectivity index (χ0) is 16.9. The summed E-state index contributed by atoms with van der Waals surface area (Å²) >= 11 is 6.13. The van der Waals surface area contributed by atoms with E-state index in [0.717, 1.165) is 24.3 Å². The molecule has 0 bridgehead atoms. The largest absolute Gasteiger partial charge is 0.476 e. The van der Waals surface area contributed by atoms with E-state index in [2.05, 4.69) is 20.2 Å². The average Bonchev–Trinajstić information content (AvgIpc) is 2.61. The van der Waals surface area contributed by atoms with Gasteiger partial charge in [0.25, 0.3) is 0 Å². The maximum absolute atomic E-state index is 10.8. The molecule has 0 spiro atoms. The highest BCUT2D eigenvalue weighted by atomic mass is 35.5. The van der Waals surface area contributed by atoms with Gasteiger partial charge in [0.1, 0.15) is 5.82 Å². The molecule has 0 amide bonds. The van der Waals surface area contributed by atoms with Gasteiger partial charge in [-0.3, -0.25) is 0 Å². The molecule has 3 rings (SSSR count). The molecule has 1 aliphatic rings. The molecule has 1 fully saturated rings. The first-order valence-electron chi connectivity index (χ1n) is 7.54. The highest BCUT2D eigenvalue weighted by Crippen LogP contribution is 2.26. The fourth-order valence-electron chi connectivity index (χ4n) is 2.52. The first kappa shape index (κ1) is 16.5. The number of carboxylic acids is 1. The molecule has 8 heteroatoms. The van der Waals surface area contributed by atoms with Crippen LogP contribution in [-0.4, -0.2) is 47.3 Å². The number of aromatic carboxylic acids is 1. The first-order chi connectivity index (χ1) is 11.6. The third kappa shape index (κ3) is 3.93. The van der Waals surface area contributed by atoms with Crippen LogP contribution in [0.2, 0.25) is 5.02 Å². The van der Waals surface area contributed by atoms with E-state index in [4.69, 9.17) is 21.4 Å². The minimum absolute atomic E-state index is 0.0858. The Hall–Kier alpha value is -2.38. The van der Waals surface area contributed by atoms with E-state index in [0.29, 0.717) is 30.6 Å². The monoisotopic (exact) mass is 348 g/mol. The summed E-state index contributed by atoms with van der Waals surface area (Å²) in [7, 11) is 0. The number of hydrogen-bond acceptors (Lipinski definition) is 6. The number of rotatable bonds is 5. The van der Waals surface area contributed by atoms with Crippen molar-refractivity contribution in [2.24, 2.45) is 0 Å². The van der Waals surface area contributed by atoms with Crippen LogP contribution in [0.5, 0.6) is 0 Å². The predicted octanol–water partition coefficient (Wildman–Crippen LogP) is 2.28. The second-order valence-electron chi connectivity index (χ2n) is 5.32. The molecule has 2 N–H and O–H groups in total. The van der Waals surface area contributed by atoms with Gasteiger partial charge in [-0.1, -0.05) is 11.6 Å². The minimum Gasteiger partial charge on any atom is -0.476 e. The molecule has 24 heavy (non-hydrogen) atoms. The Kier molecular flexibility index (Phi) is 5.12. The van der Waals surface area contributed by atoms with E-state index < -0.39 is 5.97 Å². The standard InChI is InChI=1S/C16H17ClN4O3/c17-12-1-2-14(21-3-5-24-6-4-21)11(7-12)8-19-15-10-18-13(9-20-15)16(22)23/h1-2,7,9-10H,3-6,8H2,(H,19,20)(H,22,23). The Labute approximate surface area is 144 Å². The zero-order valence-corrected chi connectivity index (χ0v) is 13.7. The molecule has 0 unspecified atom stereocenters. The van der Waals surface area contributed by atoms with Crippen molar-refractivity contribution in [1.82, 2.24) is 9.97 Å².